The third-order valence-electron chi connectivity index (χ3n) is 8.68. The Morgan fingerprint density at radius 1 is 0.556 bits per heavy atom. The van der Waals surface area contributed by atoms with E-state index in [1.807, 2.05) is 0 Å². The van der Waals surface area contributed by atoms with Crippen LogP contribution < -0.4 is 4.90 Å². The molecular weight excluding hydrogens is 450 g/mol. The molecule has 6 heteroatoms. The van der Waals surface area contributed by atoms with Crippen molar-refractivity contribution in [1.82, 2.24) is 0 Å². The van der Waals surface area contributed by atoms with E-state index in [1.54, 1.807) is 0 Å². The molecule has 0 amide bonds. The van der Waals surface area contributed by atoms with Gasteiger partial charge >= 0.3 is 0 Å². The minimum atomic E-state index is 0.646. The molecule has 1 aromatic rings. The van der Waals surface area contributed by atoms with Gasteiger partial charge < -0.3 is 28.1 Å². The Kier molecular flexibility index (Phi) is 16.5. The molecule has 0 heterocycles. The zero-order valence-electron chi connectivity index (χ0n) is 25.1. The second-order valence-corrected chi connectivity index (χ2v) is 10.1. The van der Waals surface area contributed by atoms with Crippen LogP contribution in [-0.2, 0) is 14.2 Å². The minimum absolute atomic E-state index is 0.646. The third-order valence-corrected chi connectivity index (χ3v) is 8.68. The lowest BCUT2D eigenvalue weighted by Gasteiger charge is -2.35. The first kappa shape index (κ1) is 32.8. The summed E-state index contributed by atoms with van der Waals surface area (Å²) in [6.07, 6.45) is 0. The predicted octanol–water partition coefficient (Wildman–Crippen LogP) is 4.91. The van der Waals surface area contributed by atoms with Crippen molar-refractivity contribution in [3.8, 4) is 0 Å². The van der Waals surface area contributed by atoms with Crippen LogP contribution in [0, 0.1) is 13.8 Å². The van der Waals surface area contributed by atoms with E-state index >= 15 is 0 Å². The van der Waals surface area contributed by atoms with Crippen molar-refractivity contribution in [3.63, 3.8) is 0 Å². The van der Waals surface area contributed by atoms with Crippen LogP contribution in [0.1, 0.15) is 52.7 Å². The Labute approximate surface area is 223 Å². The smallest absolute Gasteiger partial charge is 0.102 e. The summed E-state index contributed by atoms with van der Waals surface area (Å²) >= 11 is 0. The first-order chi connectivity index (χ1) is 17.3. The number of benzene rings is 1. The summed E-state index contributed by atoms with van der Waals surface area (Å²) in [4.78, 5) is 2.39. The fourth-order valence-electron chi connectivity index (χ4n) is 4.87. The largest absolute Gasteiger partial charge is 0.377 e. The Balaban J connectivity index is 2.45. The standard InChI is InChI=1S/C30H59N3O3/c1-9-32(10-2,11-3)19-23-34-21-17-31(30-16-15-28(7)29(8)27-30)18-22-35-25-26-36-24-20-33(12-4,13-5)14-6/h15-16,27H,9-14,17-26H2,1-8H3/q+2. The molecule has 0 aliphatic rings. The van der Waals surface area contributed by atoms with Crippen LogP contribution in [0.25, 0.3) is 0 Å². The zero-order valence-corrected chi connectivity index (χ0v) is 25.1. The quantitative estimate of drug-likeness (QED) is 0.164. The Hall–Kier alpha value is -1.18. The van der Waals surface area contributed by atoms with E-state index in [0.717, 1.165) is 55.0 Å². The van der Waals surface area contributed by atoms with Crippen LogP contribution in [0.3, 0.4) is 0 Å². The molecule has 0 aliphatic carbocycles. The second-order valence-electron chi connectivity index (χ2n) is 10.1. The summed E-state index contributed by atoms with van der Waals surface area (Å²) in [7, 11) is 0. The molecule has 0 saturated heterocycles. The van der Waals surface area contributed by atoms with Crippen molar-refractivity contribution in [2.45, 2.75) is 55.4 Å². The van der Waals surface area contributed by atoms with Crippen molar-refractivity contribution < 1.29 is 23.2 Å². The molecule has 0 spiro atoms. The van der Waals surface area contributed by atoms with Crippen molar-refractivity contribution in [2.24, 2.45) is 0 Å². The van der Waals surface area contributed by atoms with E-state index in [4.69, 9.17) is 14.2 Å². The van der Waals surface area contributed by atoms with Gasteiger partial charge in [0.15, 0.2) is 0 Å². The van der Waals surface area contributed by atoms with Gasteiger partial charge in [-0.2, -0.15) is 0 Å². The second kappa shape index (κ2) is 18.1. The number of ether oxygens (including phenoxy) is 3. The summed E-state index contributed by atoms with van der Waals surface area (Å²) in [5.41, 5.74) is 3.90. The molecule has 1 rings (SSSR count). The van der Waals surface area contributed by atoms with Crippen LogP contribution in [0.5, 0.6) is 0 Å². The molecule has 0 radical (unpaired) electrons. The highest BCUT2D eigenvalue weighted by Crippen LogP contribution is 2.18. The lowest BCUT2D eigenvalue weighted by atomic mass is 10.1. The molecule has 1 aromatic carbocycles. The summed E-state index contributed by atoms with van der Waals surface area (Å²) in [6.45, 7) is 33.3. The van der Waals surface area contributed by atoms with E-state index in [2.05, 4.69) is 78.5 Å². The van der Waals surface area contributed by atoms with E-state index in [-0.39, 0.29) is 0 Å². The van der Waals surface area contributed by atoms with Gasteiger partial charge in [0.1, 0.15) is 13.1 Å². The van der Waals surface area contributed by atoms with Gasteiger partial charge in [-0.3, -0.25) is 0 Å². The molecule has 36 heavy (non-hydrogen) atoms. The molecule has 0 N–H and O–H groups in total. The van der Waals surface area contributed by atoms with Gasteiger partial charge in [-0.05, 0) is 78.6 Å². The summed E-state index contributed by atoms with van der Waals surface area (Å²) in [6, 6.07) is 6.72. The molecule has 0 unspecified atom stereocenters. The molecule has 210 valence electrons. The monoisotopic (exact) mass is 509 g/mol. The van der Waals surface area contributed by atoms with Crippen LogP contribution >= 0.6 is 0 Å². The Bertz CT molecular complexity index is 673. The van der Waals surface area contributed by atoms with E-state index in [9.17, 15) is 0 Å². The van der Waals surface area contributed by atoms with Crippen molar-refractivity contribution in [1.29, 1.82) is 0 Å². The molecule has 0 aliphatic heterocycles. The molecule has 6 nitrogen and oxygen atoms in total. The first-order valence-electron chi connectivity index (χ1n) is 14.6. The highest BCUT2D eigenvalue weighted by atomic mass is 16.5. The third kappa shape index (κ3) is 11.1. The maximum absolute atomic E-state index is 6.11. The lowest BCUT2D eigenvalue weighted by Crippen LogP contribution is -2.49. The van der Waals surface area contributed by atoms with Gasteiger partial charge in [-0.25, -0.2) is 0 Å². The van der Waals surface area contributed by atoms with Crippen LogP contribution in [0.2, 0.25) is 0 Å². The van der Waals surface area contributed by atoms with Crippen molar-refractivity contribution >= 4 is 5.69 Å². The Morgan fingerprint density at radius 3 is 1.39 bits per heavy atom. The highest BCUT2D eigenvalue weighted by Gasteiger charge is 2.21. The average Bonchev–Trinajstić information content (AvgIpc) is 2.91. The number of likely N-dealkylation sites (N-methyl/N-ethyl adjacent to an activating group) is 2. The number of anilines is 1. The SMILES string of the molecule is CC[N+](CC)(CC)CCOCCOCCN(CCOCC[N+](CC)(CC)CC)c1ccc(C)c(C)c1. The fourth-order valence-corrected chi connectivity index (χ4v) is 4.87. The normalized spacial score (nSPS) is 12.3. The summed E-state index contributed by atoms with van der Waals surface area (Å²) in [5, 5.41) is 0. The minimum Gasteiger partial charge on any atom is -0.377 e. The van der Waals surface area contributed by atoms with E-state index in [1.165, 1.54) is 56.1 Å². The topological polar surface area (TPSA) is 30.9 Å². The van der Waals surface area contributed by atoms with Crippen LogP contribution in [0.4, 0.5) is 5.69 Å². The van der Waals surface area contributed by atoms with Crippen molar-refractivity contribution in [2.75, 3.05) is 110 Å². The number of hydrogen-bond donors (Lipinski definition) is 0. The number of aryl methyl sites for hydroxylation is 2. The first-order valence-corrected chi connectivity index (χ1v) is 14.6. The van der Waals surface area contributed by atoms with Gasteiger partial charge in [0.2, 0.25) is 0 Å². The maximum atomic E-state index is 6.11. The molecule has 0 fully saturated rings. The van der Waals surface area contributed by atoms with Gasteiger partial charge in [0, 0.05) is 18.8 Å². The van der Waals surface area contributed by atoms with E-state index < -0.39 is 0 Å². The van der Waals surface area contributed by atoms with Crippen LogP contribution in [-0.4, -0.2) is 114 Å². The van der Waals surface area contributed by atoms with Crippen molar-refractivity contribution in [3.05, 3.63) is 29.3 Å². The fraction of sp³-hybridized carbons (Fsp3) is 0.800. The number of nitrogens with zero attached hydrogens (tertiary/aromatic N) is 3. The predicted molar refractivity (Wildman–Crippen MR) is 154 cm³/mol. The van der Waals surface area contributed by atoms with Gasteiger partial charge in [0.05, 0.1) is 78.9 Å². The lowest BCUT2D eigenvalue weighted by molar-refractivity contribution is -0.923. The maximum Gasteiger partial charge on any atom is 0.102 e. The van der Waals surface area contributed by atoms with Gasteiger partial charge in [0.25, 0.3) is 0 Å². The molecular formula is C30H59N3O3+2. The molecule has 0 saturated carbocycles. The Morgan fingerprint density at radius 2 is 0.972 bits per heavy atom. The zero-order chi connectivity index (χ0) is 26.9. The summed E-state index contributed by atoms with van der Waals surface area (Å²) < 4.78 is 20.2. The van der Waals surface area contributed by atoms with E-state index in [0.29, 0.717) is 19.8 Å². The van der Waals surface area contributed by atoms with Gasteiger partial charge in [-0.15, -0.1) is 0 Å². The molecule has 0 bridgehead atoms. The number of rotatable bonds is 22. The number of quaternary nitrogens is 2. The highest BCUT2D eigenvalue weighted by molar-refractivity contribution is 5.50. The van der Waals surface area contributed by atoms with Crippen LogP contribution in [0.15, 0.2) is 18.2 Å². The molecule has 0 aromatic heterocycles. The number of hydrogen-bond acceptors (Lipinski definition) is 4. The van der Waals surface area contributed by atoms with Gasteiger partial charge in [-0.1, -0.05) is 6.07 Å². The summed E-state index contributed by atoms with van der Waals surface area (Å²) in [5.74, 6) is 0. The molecule has 0 atom stereocenters. The average molecular weight is 510 g/mol.